The summed E-state index contributed by atoms with van der Waals surface area (Å²) in [4.78, 5) is 21.8. The predicted octanol–water partition coefficient (Wildman–Crippen LogP) is 2.74. The Kier molecular flexibility index (Phi) is 3.83. The Hall–Kier alpha value is -0.680. The number of anilines is 1. The minimum Gasteiger partial charge on any atom is -0.318 e. The van der Waals surface area contributed by atoms with Crippen LogP contribution in [0.4, 0.5) is 5.69 Å². The Labute approximate surface area is 98.1 Å². The molecule has 0 aliphatic carbocycles. The van der Waals surface area contributed by atoms with E-state index in [9.17, 15) is 9.59 Å². The number of rotatable bonds is 2. The number of hydrogen-bond donors (Lipinski definition) is 1. The van der Waals surface area contributed by atoms with Gasteiger partial charge >= 0.3 is 0 Å². The van der Waals surface area contributed by atoms with Gasteiger partial charge < -0.3 is 5.32 Å². The molecule has 1 aromatic rings. The maximum Gasteiger partial charge on any atom is 0.291 e. The Morgan fingerprint density at radius 1 is 1.29 bits per heavy atom. The number of halogens is 2. The first kappa shape index (κ1) is 11.4. The van der Waals surface area contributed by atoms with Crippen LogP contribution in [0.2, 0.25) is 0 Å². The first-order valence-corrected chi connectivity index (χ1v) is 5.36. The van der Waals surface area contributed by atoms with E-state index in [2.05, 4.69) is 37.2 Å². The number of benzene rings is 1. The van der Waals surface area contributed by atoms with Gasteiger partial charge in [0.25, 0.3) is 5.91 Å². The van der Waals surface area contributed by atoms with Crippen molar-refractivity contribution < 1.29 is 9.59 Å². The zero-order valence-electron chi connectivity index (χ0n) is 7.30. The molecule has 0 aromatic heterocycles. The monoisotopic (exact) mass is 319 g/mol. The number of carbonyl (C=O) groups is 2. The molecule has 14 heavy (non-hydrogen) atoms. The van der Waals surface area contributed by atoms with Gasteiger partial charge in [-0.25, -0.2) is 0 Å². The molecule has 1 aromatic carbocycles. The summed E-state index contributed by atoms with van der Waals surface area (Å²) in [5, 5.41) is 2.49. The van der Waals surface area contributed by atoms with Crippen molar-refractivity contribution in [3.63, 3.8) is 0 Å². The van der Waals surface area contributed by atoms with Crippen LogP contribution >= 0.6 is 31.9 Å². The largest absolute Gasteiger partial charge is 0.318 e. The average molecular weight is 321 g/mol. The van der Waals surface area contributed by atoms with Gasteiger partial charge in [-0.3, -0.25) is 9.59 Å². The Balaban J connectivity index is 2.91. The van der Waals surface area contributed by atoms with Crippen molar-refractivity contribution in [1.29, 1.82) is 0 Å². The summed E-state index contributed by atoms with van der Waals surface area (Å²) in [7, 11) is 0. The normalized spacial score (nSPS) is 9.64. The van der Waals surface area contributed by atoms with Gasteiger partial charge in [-0.15, -0.1) is 0 Å². The predicted molar refractivity (Wildman–Crippen MR) is 61.2 cm³/mol. The molecule has 1 rings (SSSR count). The lowest BCUT2D eigenvalue weighted by molar-refractivity contribution is -0.133. The minimum absolute atomic E-state index is 0.517. The molecule has 0 aliphatic heterocycles. The number of ketones is 1. The van der Waals surface area contributed by atoms with Gasteiger partial charge in [0.1, 0.15) is 0 Å². The van der Waals surface area contributed by atoms with E-state index in [4.69, 9.17) is 0 Å². The van der Waals surface area contributed by atoms with E-state index in [0.29, 0.717) is 5.69 Å². The van der Waals surface area contributed by atoms with Gasteiger partial charge in [0, 0.05) is 15.9 Å². The smallest absolute Gasteiger partial charge is 0.291 e. The molecule has 1 amide bonds. The third kappa shape index (κ3) is 2.92. The van der Waals surface area contributed by atoms with Crippen molar-refractivity contribution in [2.24, 2.45) is 0 Å². The summed E-state index contributed by atoms with van der Waals surface area (Å²) in [5.74, 6) is -1.14. The summed E-state index contributed by atoms with van der Waals surface area (Å²) in [5.41, 5.74) is 0.569. The summed E-state index contributed by atoms with van der Waals surface area (Å²) >= 11 is 6.53. The van der Waals surface area contributed by atoms with Crippen molar-refractivity contribution in [1.82, 2.24) is 0 Å². The van der Waals surface area contributed by atoms with E-state index >= 15 is 0 Å². The first-order valence-electron chi connectivity index (χ1n) is 3.77. The molecule has 0 bridgehead atoms. The van der Waals surface area contributed by atoms with Gasteiger partial charge in [0.2, 0.25) is 5.78 Å². The van der Waals surface area contributed by atoms with Crippen LogP contribution in [0.3, 0.4) is 0 Å². The van der Waals surface area contributed by atoms with E-state index < -0.39 is 11.7 Å². The molecule has 0 spiro atoms. The summed E-state index contributed by atoms with van der Waals surface area (Å²) < 4.78 is 1.56. The second kappa shape index (κ2) is 4.70. The fraction of sp³-hybridized carbons (Fsp3) is 0.111. The number of nitrogens with one attached hydrogen (secondary N) is 1. The number of hydrogen-bond acceptors (Lipinski definition) is 2. The zero-order chi connectivity index (χ0) is 10.7. The molecule has 0 aliphatic rings. The maximum absolute atomic E-state index is 11.1. The van der Waals surface area contributed by atoms with Crippen LogP contribution < -0.4 is 5.32 Å². The molecular weight excluding hydrogens is 314 g/mol. The highest BCUT2D eigenvalue weighted by molar-refractivity contribution is 9.11. The summed E-state index contributed by atoms with van der Waals surface area (Å²) in [6.07, 6.45) is 0. The second-order valence-corrected chi connectivity index (χ2v) is 4.40. The highest BCUT2D eigenvalue weighted by Gasteiger charge is 2.09. The highest BCUT2D eigenvalue weighted by Crippen LogP contribution is 2.25. The molecule has 5 heteroatoms. The number of Topliss-reactive ketones (excluding diaryl/α,β-unsaturated/α-hetero) is 1. The van der Waals surface area contributed by atoms with Crippen LogP contribution in [0.5, 0.6) is 0 Å². The number of carbonyl (C=O) groups excluding carboxylic acids is 2. The molecule has 0 unspecified atom stereocenters. The Morgan fingerprint density at radius 3 is 2.50 bits per heavy atom. The van der Waals surface area contributed by atoms with E-state index in [1.54, 1.807) is 12.1 Å². The fourth-order valence-electron chi connectivity index (χ4n) is 0.804. The van der Waals surface area contributed by atoms with Crippen LogP contribution in [-0.4, -0.2) is 11.7 Å². The van der Waals surface area contributed by atoms with Crippen molar-refractivity contribution in [2.45, 2.75) is 6.92 Å². The lowest BCUT2D eigenvalue weighted by atomic mass is 10.3. The maximum atomic E-state index is 11.1. The molecule has 1 N–H and O–H groups in total. The number of amides is 1. The second-order valence-electron chi connectivity index (χ2n) is 2.63. The van der Waals surface area contributed by atoms with Gasteiger partial charge in [0.05, 0.1) is 5.69 Å². The highest BCUT2D eigenvalue weighted by atomic mass is 79.9. The lowest BCUT2D eigenvalue weighted by Crippen LogP contribution is -2.19. The van der Waals surface area contributed by atoms with Crippen molar-refractivity contribution in [3.8, 4) is 0 Å². The van der Waals surface area contributed by atoms with Gasteiger partial charge in [-0.05, 0) is 34.1 Å². The minimum atomic E-state index is -0.621. The molecule has 0 heterocycles. The molecular formula is C9H7Br2NO2. The van der Waals surface area contributed by atoms with E-state index in [-0.39, 0.29) is 0 Å². The van der Waals surface area contributed by atoms with Crippen LogP contribution in [0.25, 0.3) is 0 Å². The summed E-state index contributed by atoms with van der Waals surface area (Å²) in [6, 6.07) is 5.32. The summed E-state index contributed by atoms with van der Waals surface area (Å²) in [6.45, 7) is 1.22. The molecule has 3 nitrogen and oxygen atoms in total. The van der Waals surface area contributed by atoms with Crippen molar-refractivity contribution in [3.05, 3.63) is 27.1 Å². The zero-order valence-corrected chi connectivity index (χ0v) is 10.5. The third-order valence-electron chi connectivity index (χ3n) is 1.50. The average Bonchev–Trinajstić information content (AvgIpc) is 2.11. The molecule has 0 fully saturated rings. The SMILES string of the molecule is CC(=O)C(=O)Nc1cc(Br)ccc1Br. The van der Waals surface area contributed by atoms with E-state index in [1.165, 1.54) is 6.92 Å². The molecule has 0 atom stereocenters. The van der Waals surface area contributed by atoms with Crippen LogP contribution in [0, 0.1) is 0 Å². The van der Waals surface area contributed by atoms with Crippen LogP contribution in [0.15, 0.2) is 27.1 Å². The Morgan fingerprint density at radius 2 is 1.93 bits per heavy atom. The van der Waals surface area contributed by atoms with Crippen molar-refractivity contribution >= 4 is 49.2 Å². The lowest BCUT2D eigenvalue weighted by Gasteiger charge is -2.05. The standard InChI is InChI=1S/C9H7Br2NO2/c1-5(13)9(14)12-8-4-6(10)2-3-7(8)11/h2-4H,1H3,(H,12,14). The van der Waals surface area contributed by atoms with E-state index in [1.807, 2.05) is 6.07 Å². The van der Waals surface area contributed by atoms with Crippen LogP contribution in [0.1, 0.15) is 6.92 Å². The Bertz CT molecular complexity index is 390. The van der Waals surface area contributed by atoms with Gasteiger partial charge in [0.15, 0.2) is 0 Å². The first-order chi connectivity index (χ1) is 6.50. The third-order valence-corrected chi connectivity index (χ3v) is 2.68. The van der Waals surface area contributed by atoms with Gasteiger partial charge in [-0.1, -0.05) is 15.9 Å². The van der Waals surface area contributed by atoms with Crippen LogP contribution in [-0.2, 0) is 9.59 Å². The topological polar surface area (TPSA) is 46.2 Å². The molecule has 0 saturated heterocycles. The molecule has 0 radical (unpaired) electrons. The quantitative estimate of drug-likeness (QED) is 0.852. The van der Waals surface area contributed by atoms with Gasteiger partial charge in [-0.2, -0.15) is 0 Å². The van der Waals surface area contributed by atoms with E-state index in [0.717, 1.165) is 8.95 Å². The molecule has 0 saturated carbocycles. The fourth-order valence-corrected chi connectivity index (χ4v) is 1.51. The molecule has 74 valence electrons. The van der Waals surface area contributed by atoms with Crippen molar-refractivity contribution in [2.75, 3.05) is 5.32 Å².